The molecule has 7 heteroatoms. The summed E-state index contributed by atoms with van der Waals surface area (Å²) in [5.41, 5.74) is 1.89. The Morgan fingerprint density at radius 3 is 2.54 bits per heavy atom. The van der Waals surface area contributed by atoms with E-state index in [4.69, 9.17) is 14.6 Å². The van der Waals surface area contributed by atoms with E-state index in [-0.39, 0.29) is 28.1 Å². The monoisotopic (exact) mass is 398 g/mol. The van der Waals surface area contributed by atoms with Crippen LogP contribution in [0.1, 0.15) is 28.4 Å². The number of hydrogen-bond donors (Lipinski definition) is 0. The van der Waals surface area contributed by atoms with Gasteiger partial charge in [-0.3, -0.25) is 4.99 Å². The van der Waals surface area contributed by atoms with Crippen LogP contribution in [0.15, 0.2) is 56.7 Å². The minimum Gasteiger partial charge on any atom is -0.593 e. The third-order valence-corrected chi connectivity index (χ3v) is 3.92. The Labute approximate surface area is 159 Å². The normalized spacial score (nSPS) is 11.2. The summed E-state index contributed by atoms with van der Waals surface area (Å²) in [7, 11) is 0. The number of carbonyl (C=O) groups is 1. The first-order chi connectivity index (χ1) is 11.9. The number of fused-ring (bicyclic) bond motifs is 1. The van der Waals surface area contributed by atoms with Crippen molar-refractivity contribution in [2.75, 3.05) is 0 Å². The molecule has 1 radical (unpaired) electrons. The Hall–Kier alpha value is -2.90. The van der Waals surface area contributed by atoms with Gasteiger partial charge in [-0.15, -0.1) is 0 Å². The average Bonchev–Trinajstić information content (AvgIpc) is 2.54. The molecule has 0 fully saturated rings. The zero-order valence-electron chi connectivity index (χ0n) is 14.0. The van der Waals surface area contributed by atoms with Crippen LogP contribution in [-0.4, -0.2) is 21.9 Å². The average molecular weight is 398 g/mol. The fourth-order valence-corrected chi connectivity index (χ4v) is 2.74. The molecule has 0 aliphatic heterocycles. The standard InChI is InChI=1S/C19H15NO5.Co/c1-10-9-16(22)25-18-12(10)7-8-15(21)17(18)11(2)20-14-6-4-3-5-13(14)19(23)24;/h3-9,21H,1-2H3,(H,23,24);/q;+2/p+2. The van der Waals surface area contributed by atoms with Crippen molar-refractivity contribution in [2.45, 2.75) is 13.8 Å². The van der Waals surface area contributed by atoms with Crippen LogP contribution in [0, 0.1) is 6.92 Å². The van der Waals surface area contributed by atoms with Crippen molar-refractivity contribution in [2.24, 2.45) is 4.99 Å². The first-order valence-electron chi connectivity index (χ1n) is 7.58. The van der Waals surface area contributed by atoms with Crippen molar-refractivity contribution in [3.05, 3.63) is 69.6 Å². The van der Waals surface area contributed by atoms with Gasteiger partial charge in [0.05, 0.1) is 11.4 Å². The van der Waals surface area contributed by atoms with E-state index < -0.39 is 11.6 Å². The fraction of sp³-hybridized carbons (Fsp3) is 0.105. The molecule has 133 valence electrons. The van der Waals surface area contributed by atoms with Crippen LogP contribution < -0.4 is 5.63 Å². The van der Waals surface area contributed by atoms with Gasteiger partial charge in [-0.1, -0.05) is 12.1 Å². The molecule has 0 aliphatic rings. The van der Waals surface area contributed by atoms with Gasteiger partial charge in [-0.25, -0.2) is 4.79 Å². The molecule has 0 amide bonds. The largest absolute Gasteiger partial charge is 2.00 e. The molecule has 0 saturated heterocycles. The van der Waals surface area contributed by atoms with Gasteiger partial charge < -0.3 is 14.6 Å². The Balaban J connectivity index is 0.00000243. The van der Waals surface area contributed by atoms with Gasteiger partial charge in [-0.2, -0.15) is 0 Å². The molecule has 1 aromatic heterocycles. The molecule has 0 aliphatic carbocycles. The summed E-state index contributed by atoms with van der Waals surface area (Å²) >= 11 is 0. The SMILES string of the molecule is CC(=Nc1ccccc1C(=O)[OH2+])c1c([OH2+])ccc2c(C)cc(=O)oc12.[Co+2]. The summed E-state index contributed by atoms with van der Waals surface area (Å²) < 4.78 is 5.33. The fourth-order valence-electron chi connectivity index (χ4n) is 2.74. The number of hydrogen-bond acceptors (Lipinski definition) is 4. The number of nitrogens with zero attached hydrogens (tertiary/aromatic N) is 1. The first kappa shape index (κ1) is 19.4. The van der Waals surface area contributed by atoms with Crippen molar-refractivity contribution in [1.82, 2.24) is 0 Å². The Kier molecular flexibility index (Phi) is 5.64. The van der Waals surface area contributed by atoms with Gasteiger partial charge in [-0.05, 0) is 37.6 Å². The van der Waals surface area contributed by atoms with Crippen LogP contribution >= 0.6 is 0 Å². The Bertz CT molecular complexity index is 1080. The summed E-state index contributed by atoms with van der Waals surface area (Å²) in [5.74, 6) is -0.671. The number of aryl methyl sites for hydroxylation is 1. The smallest absolute Gasteiger partial charge is 0.593 e. The van der Waals surface area contributed by atoms with Gasteiger partial charge in [0.25, 0.3) is 5.75 Å². The maximum atomic E-state index is 11.8. The molecule has 3 aromatic rings. The van der Waals surface area contributed by atoms with Crippen molar-refractivity contribution < 1.29 is 36.2 Å². The van der Waals surface area contributed by atoms with Crippen LogP contribution in [0.2, 0.25) is 0 Å². The van der Waals surface area contributed by atoms with Crippen LogP contribution in [0.3, 0.4) is 0 Å². The molecule has 6 nitrogen and oxygen atoms in total. The van der Waals surface area contributed by atoms with E-state index in [2.05, 4.69) is 4.99 Å². The molecule has 1 heterocycles. The topological polar surface area (TPSA) is 105 Å². The van der Waals surface area contributed by atoms with Gasteiger partial charge in [0.2, 0.25) is 0 Å². The number of benzene rings is 2. The summed E-state index contributed by atoms with van der Waals surface area (Å²) in [6, 6.07) is 11.3. The van der Waals surface area contributed by atoms with E-state index >= 15 is 0 Å². The predicted molar refractivity (Wildman–Crippen MR) is 96.5 cm³/mol. The first-order valence-corrected chi connectivity index (χ1v) is 7.58. The zero-order chi connectivity index (χ0) is 18.1. The molecule has 2 aromatic carbocycles. The minimum absolute atomic E-state index is 0. The maximum Gasteiger partial charge on any atom is 2.00 e. The molecule has 0 bridgehead atoms. The van der Waals surface area contributed by atoms with E-state index in [0.29, 0.717) is 22.5 Å². The van der Waals surface area contributed by atoms with Gasteiger partial charge >= 0.3 is 28.4 Å². The van der Waals surface area contributed by atoms with E-state index in [0.717, 1.165) is 10.9 Å². The second-order valence-corrected chi connectivity index (χ2v) is 5.66. The van der Waals surface area contributed by atoms with Crippen molar-refractivity contribution in [3.8, 4) is 5.75 Å². The van der Waals surface area contributed by atoms with Crippen LogP contribution in [0.4, 0.5) is 5.69 Å². The molecule has 0 unspecified atom stereocenters. The summed E-state index contributed by atoms with van der Waals surface area (Å²) in [6.07, 6.45) is 0. The molecule has 3 rings (SSSR count). The van der Waals surface area contributed by atoms with Gasteiger partial charge in [0, 0.05) is 22.3 Å². The minimum atomic E-state index is -0.835. The van der Waals surface area contributed by atoms with Crippen LogP contribution in [0.5, 0.6) is 5.75 Å². The maximum absolute atomic E-state index is 11.8. The van der Waals surface area contributed by atoms with Crippen molar-refractivity contribution in [1.29, 1.82) is 0 Å². The molecule has 0 saturated carbocycles. The van der Waals surface area contributed by atoms with Crippen molar-refractivity contribution in [3.63, 3.8) is 0 Å². The van der Waals surface area contributed by atoms with Gasteiger partial charge in [0.1, 0.15) is 11.1 Å². The zero-order valence-corrected chi connectivity index (χ0v) is 15.1. The number of para-hydroxylation sites is 1. The molecule has 4 N–H and O–H groups in total. The van der Waals surface area contributed by atoms with Crippen LogP contribution in [-0.2, 0) is 16.8 Å². The van der Waals surface area contributed by atoms with E-state index in [1.807, 2.05) is 0 Å². The summed E-state index contributed by atoms with van der Waals surface area (Å²) in [5, 5.41) is 16.2. The second kappa shape index (κ2) is 7.55. The number of rotatable bonds is 3. The van der Waals surface area contributed by atoms with E-state index in [9.17, 15) is 9.59 Å². The quantitative estimate of drug-likeness (QED) is 0.385. The van der Waals surface area contributed by atoms with E-state index in [1.165, 1.54) is 12.1 Å². The van der Waals surface area contributed by atoms with Gasteiger partial charge in [0.15, 0.2) is 5.58 Å². The molecule has 0 atom stereocenters. The Morgan fingerprint density at radius 2 is 1.85 bits per heavy atom. The molecular formula is C19H17CoNO5+4. The van der Waals surface area contributed by atoms with Crippen LogP contribution in [0.25, 0.3) is 11.0 Å². The summed E-state index contributed by atoms with van der Waals surface area (Å²) in [4.78, 5) is 27.6. The number of aliphatic imine (C=N–C) groups is 1. The molecule has 26 heavy (non-hydrogen) atoms. The summed E-state index contributed by atoms with van der Waals surface area (Å²) in [6.45, 7) is 3.48. The Morgan fingerprint density at radius 1 is 1.15 bits per heavy atom. The van der Waals surface area contributed by atoms with Crippen molar-refractivity contribution >= 4 is 28.3 Å². The third-order valence-electron chi connectivity index (χ3n) is 3.92. The molecular weight excluding hydrogens is 381 g/mol. The second-order valence-electron chi connectivity index (χ2n) is 5.66. The van der Waals surface area contributed by atoms with E-state index in [1.54, 1.807) is 44.2 Å². The predicted octanol–water partition coefficient (Wildman–Crippen LogP) is 2.54. The molecule has 0 spiro atoms. The number of carbonyl (C=O) groups excluding carboxylic acids is 1. The third kappa shape index (κ3) is 3.53.